The molecular formula is C28H40N6O3S2. The van der Waals surface area contributed by atoms with Crippen molar-refractivity contribution >= 4 is 27.0 Å². The summed E-state index contributed by atoms with van der Waals surface area (Å²) in [7, 11) is -3.53. The van der Waals surface area contributed by atoms with Crippen LogP contribution >= 0.6 is 11.8 Å². The number of carbonyl (C=O) groups is 1. The Kier molecular flexibility index (Phi) is 12.9. The minimum atomic E-state index is -3.53. The molecule has 0 unspecified atom stereocenters. The molecule has 3 rings (SSSR count). The zero-order valence-corrected chi connectivity index (χ0v) is 24.4. The maximum Gasteiger partial charge on any atom is 0.279 e. The number of rotatable bonds is 17. The van der Waals surface area contributed by atoms with Crippen molar-refractivity contribution in [3.63, 3.8) is 0 Å². The Morgan fingerprint density at radius 3 is 2.28 bits per heavy atom. The van der Waals surface area contributed by atoms with E-state index in [0.717, 1.165) is 31.6 Å². The first-order chi connectivity index (χ1) is 18.9. The normalized spacial score (nSPS) is 12.5. The standard InChI is InChI=1S/C28H40N6O3S2/c1-3-34(4-2)19-11-21-39(36,37)33-25(17-16-23-12-7-5-8-13-23)27-30-26(31-32-27)22-29-28(35)38-20-18-24-14-9-6-10-15-24/h5-10,12-15,25,33H,3-4,11,16-22H2,1-2H3,(H,29,35)(H,30,31,32)/t25-/m1/s1. The number of hydrogen-bond acceptors (Lipinski definition) is 7. The van der Waals surface area contributed by atoms with E-state index in [-0.39, 0.29) is 17.5 Å². The van der Waals surface area contributed by atoms with Crippen LogP contribution in [0.15, 0.2) is 60.7 Å². The van der Waals surface area contributed by atoms with Crippen LogP contribution in [0.2, 0.25) is 0 Å². The molecule has 0 aliphatic rings. The number of sulfonamides is 1. The minimum Gasteiger partial charge on any atom is -0.340 e. The first kappa shape index (κ1) is 30.8. The second-order valence-corrected chi connectivity index (χ2v) is 12.2. The van der Waals surface area contributed by atoms with Crippen LogP contribution in [0, 0.1) is 0 Å². The van der Waals surface area contributed by atoms with E-state index < -0.39 is 16.1 Å². The number of thioether (sulfide) groups is 1. The predicted molar refractivity (Wildman–Crippen MR) is 158 cm³/mol. The average Bonchev–Trinajstić information content (AvgIpc) is 3.42. The Labute approximate surface area is 236 Å². The highest BCUT2D eigenvalue weighted by atomic mass is 32.2. The number of carbonyl (C=O) groups excluding carboxylic acids is 1. The van der Waals surface area contributed by atoms with Gasteiger partial charge in [-0.25, -0.2) is 18.1 Å². The third kappa shape index (κ3) is 11.5. The summed E-state index contributed by atoms with van der Waals surface area (Å²) >= 11 is 1.22. The van der Waals surface area contributed by atoms with Crippen molar-refractivity contribution in [1.82, 2.24) is 30.1 Å². The molecular weight excluding hydrogens is 532 g/mol. The maximum absolute atomic E-state index is 13.0. The molecule has 0 radical (unpaired) electrons. The lowest BCUT2D eigenvalue weighted by Crippen LogP contribution is -2.33. The fourth-order valence-electron chi connectivity index (χ4n) is 4.16. The molecule has 0 fully saturated rings. The number of amides is 1. The Morgan fingerprint density at radius 2 is 1.64 bits per heavy atom. The Bertz CT molecular complexity index is 1220. The zero-order valence-electron chi connectivity index (χ0n) is 22.8. The number of benzene rings is 2. The molecule has 39 heavy (non-hydrogen) atoms. The van der Waals surface area contributed by atoms with Gasteiger partial charge in [0.1, 0.15) is 5.82 Å². The van der Waals surface area contributed by atoms with E-state index in [1.165, 1.54) is 17.3 Å². The second-order valence-electron chi connectivity index (χ2n) is 9.26. The summed E-state index contributed by atoms with van der Waals surface area (Å²) in [5, 5.41) is 9.80. The van der Waals surface area contributed by atoms with Crippen molar-refractivity contribution in [2.75, 3.05) is 31.1 Å². The number of hydrogen-bond donors (Lipinski definition) is 3. The van der Waals surface area contributed by atoms with E-state index in [1.54, 1.807) is 0 Å². The summed E-state index contributed by atoms with van der Waals surface area (Å²) in [6.45, 7) is 6.83. The minimum absolute atomic E-state index is 0.0442. The van der Waals surface area contributed by atoms with Crippen molar-refractivity contribution in [1.29, 1.82) is 0 Å². The SMILES string of the molecule is CCN(CC)CCCS(=O)(=O)N[C@H](CCc1ccccc1)c1nc(CNC(=O)SCCc2ccccc2)n[nH]1. The van der Waals surface area contributed by atoms with Gasteiger partial charge in [0.25, 0.3) is 5.24 Å². The monoisotopic (exact) mass is 572 g/mol. The van der Waals surface area contributed by atoms with Crippen LogP contribution in [0.25, 0.3) is 0 Å². The lowest BCUT2D eigenvalue weighted by molar-refractivity contribution is 0.260. The van der Waals surface area contributed by atoms with Gasteiger partial charge in [0.05, 0.1) is 18.3 Å². The number of aryl methyl sites for hydroxylation is 2. The van der Waals surface area contributed by atoms with Crippen LogP contribution < -0.4 is 10.0 Å². The summed E-state index contributed by atoms with van der Waals surface area (Å²) < 4.78 is 28.8. The van der Waals surface area contributed by atoms with Gasteiger partial charge in [0.15, 0.2) is 5.82 Å². The van der Waals surface area contributed by atoms with Gasteiger partial charge in [-0.3, -0.25) is 9.89 Å². The Hall–Kier alpha value is -2.73. The van der Waals surface area contributed by atoms with Crippen molar-refractivity contribution in [3.8, 4) is 0 Å². The molecule has 11 heteroatoms. The second kappa shape index (κ2) is 16.4. The molecule has 1 atom stereocenters. The van der Waals surface area contributed by atoms with Gasteiger partial charge in [0, 0.05) is 5.75 Å². The van der Waals surface area contributed by atoms with Crippen molar-refractivity contribution in [3.05, 3.63) is 83.4 Å². The lowest BCUT2D eigenvalue weighted by Gasteiger charge is -2.19. The molecule has 1 amide bonds. The van der Waals surface area contributed by atoms with Crippen molar-refractivity contribution < 1.29 is 13.2 Å². The number of H-pyrrole nitrogens is 1. The Morgan fingerprint density at radius 1 is 1.00 bits per heavy atom. The molecule has 2 aromatic carbocycles. The molecule has 212 valence electrons. The fourth-order valence-corrected chi connectivity index (χ4v) is 6.14. The van der Waals surface area contributed by atoms with Crippen LogP contribution in [0.5, 0.6) is 0 Å². The molecule has 0 spiro atoms. The molecule has 1 heterocycles. The predicted octanol–water partition coefficient (Wildman–Crippen LogP) is 4.32. The highest BCUT2D eigenvalue weighted by molar-refractivity contribution is 8.13. The highest BCUT2D eigenvalue weighted by Crippen LogP contribution is 2.18. The average molecular weight is 573 g/mol. The molecule has 0 saturated heterocycles. The van der Waals surface area contributed by atoms with Crippen LogP contribution in [-0.2, 0) is 29.4 Å². The molecule has 0 bridgehead atoms. The fraction of sp³-hybridized carbons (Fsp3) is 0.464. The van der Waals surface area contributed by atoms with Gasteiger partial charge < -0.3 is 10.2 Å². The molecule has 0 aliphatic heterocycles. The molecule has 0 aliphatic carbocycles. The lowest BCUT2D eigenvalue weighted by atomic mass is 10.1. The van der Waals surface area contributed by atoms with E-state index in [9.17, 15) is 13.2 Å². The summed E-state index contributed by atoms with van der Waals surface area (Å²) in [5.41, 5.74) is 2.30. The summed E-state index contributed by atoms with van der Waals surface area (Å²) in [6, 6.07) is 19.4. The summed E-state index contributed by atoms with van der Waals surface area (Å²) in [5.74, 6) is 1.57. The molecule has 3 aromatic rings. The van der Waals surface area contributed by atoms with Crippen LogP contribution in [0.3, 0.4) is 0 Å². The van der Waals surface area contributed by atoms with Gasteiger partial charge in [-0.15, -0.1) is 0 Å². The van der Waals surface area contributed by atoms with E-state index in [1.807, 2.05) is 60.7 Å². The molecule has 1 aromatic heterocycles. The van der Waals surface area contributed by atoms with Gasteiger partial charge in [-0.05, 0) is 56.4 Å². The quantitative estimate of drug-likeness (QED) is 0.220. The maximum atomic E-state index is 13.0. The van der Waals surface area contributed by atoms with Crippen molar-refractivity contribution in [2.24, 2.45) is 0 Å². The first-order valence-electron chi connectivity index (χ1n) is 13.5. The van der Waals surface area contributed by atoms with Crippen molar-refractivity contribution in [2.45, 2.75) is 52.1 Å². The highest BCUT2D eigenvalue weighted by Gasteiger charge is 2.23. The van der Waals surface area contributed by atoms with E-state index in [0.29, 0.717) is 36.7 Å². The summed E-state index contributed by atoms with van der Waals surface area (Å²) in [4.78, 5) is 19.0. The largest absolute Gasteiger partial charge is 0.340 e. The van der Waals surface area contributed by atoms with E-state index in [2.05, 4.69) is 44.0 Å². The van der Waals surface area contributed by atoms with Crippen LogP contribution in [0.1, 0.15) is 55.5 Å². The number of nitrogens with zero attached hydrogens (tertiary/aromatic N) is 3. The summed E-state index contributed by atoms with van der Waals surface area (Å²) in [6.07, 6.45) is 2.56. The first-order valence-corrected chi connectivity index (χ1v) is 16.1. The molecule has 3 N–H and O–H groups in total. The van der Waals surface area contributed by atoms with Crippen LogP contribution in [0.4, 0.5) is 4.79 Å². The number of aromatic nitrogens is 3. The molecule has 9 nitrogen and oxygen atoms in total. The van der Waals surface area contributed by atoms with Gasteiger partial charge in [0.2, 0.25) is 10.0 Å². The third-order valence-electron chi connectivity index (χ3n) is 6.40. The zero-order chi connectivity index (χ0) is 27.9. The Balaban J connectivity index is 1.56. The van der Waals surface area contributed by atoms with Gasteiger partial charge >= 0.3 is 0 Å². The third-order valence-corrected chi connectivity index (χ3v) is 8.69. The number of aromatic amines is 1. The van der Waals surface area contributed by atoms with Crippen LogP contribution in [-0.4, -0.2) is 64.9 Å². The smallest absolute Gasteiger partial charge is 0.279 e. The number of nitrogens with one attached hydrogen (secondary N) is 3. The van der Waals surface area contributed by atoms with E-state index in [4.69, 9.17) is 0 Å². The van der Waals surface area contributed by atoms with E-state index >= 15 is 0 Å². The van der Waals surface area contributed by atoms with Gasteiger partial charge in [-0.2, -0.15) is 5.10 Å². The topological polar surface area (TPSA) is 120 Å². The van der Waals surface area contributed by atoms with Gasteiger partial charge in [-0.1, -0.05) is 86.3 Å². The molecule has 0 saturated carbocycles.